The number of methoxy groups -OCH3 is 1. The molecule has 0 unspecified atom stereocenters. The van der Waals surface area contributed by atoms with Crippen LogP contribution in [0.4, 0.5) is 0 Å². The summed E-state index contributed by atoms with van der Waals surface area (Å²) < 4.78 is 5.45. The lowest BCUT2D eigenvalue weighted by molar-refractivity contribution is 0.147. The van der Waals surface area contributed by atoms with Gasteiger partial charge in [-0.2, -0.15) is 0 Å². The van der Waals surface area contributed by atoms with Gasteiger partial charge in [0, 0.05) is 6.54 Å². The Bertz CT molecular complexity index is 484. The van der Waals surface area contributed by atoms with E-state index < -0.39 is 0 Å². The highest BCUT2D eigenvalue weighted by molar-refractivity contribution is 5.37. The molecule has 0 N–H and O–H groups in total. The smallest absolute Gasteiger partial charge is 0.119 e. The van der Waals surface area contributed by atoms with Crippen molar-refractivity contribution in [3.05, 3.63) is 29.8 Å². The van der Waals surface area contributed by atoms with Crippen LogP contribution in [0.15, 0.2) is 24.3 Å². The summed E-state index contributed by atoms with van der Waals surface area (Å²) >= 11 is 0. The zero-order valence-electron chi connectivity index (χ0n) is 13.2. The molecule has 0 saturated heterocycles. The average Bonchev–Trinajstić information content (AvgIpc) is 3.22. The van der Waals surface area contributed by atoms with Crippen LogP contribution in [0.2, 0.25) is 0 Å². The molecule has 2 nitrogen and oxygen atoms in total. The van der Waals surface area contributed by atoms with E-state index in [9.17, 15) is 0 Å². The topological polar surface area (TPSA) is 12.5 Å². The van der Waals surface area contributed by atoms with Crippen molar-refractivity contribution in [2.45, 2.75) is 31.6 Å². The highest BCUT2D eigenvalue weighted by atomic mass is 16.5. The van der Waals surface area contributed by atoms with Crippen LogP contribution in [0, 0.1) is 17.8 Å². The van der Waals surface area contributed by atoms with Gasteiger partial charge in [0.05, 0.1) is 7.11 Å². The van der Waals surface area contributed by atoms with E-state index in [0.717, 1.165) is 23.5 Å². The second-order valence-electron chi connectivity index (χ2n) is 7.15. The van der Waals surface area contributed by atoms with Gasteiger partial charge in [0.25, 0.3) is 0 Å². The van der Waals surface area contributed by atoms with Gasteiger partial charge in [-0.1, -0.05) is 19.1 Å². The van der Waals surface area contributed by atoms with E-state index in [1.54, 1.807) is 7.11 Å². The Kier molecular flexibility index (Phi) is 3.53. The third-order valence-corrected chi connectivity index (χ3v) is 5.70. The molecule has 2 heteroatoms. The number of hydrogen-bond acceptors (Lipinski definition) is 2. The van der Waals surface area contributed by atoms with E-state index in [1.165, 1.54) is 31.4 Å². The predicted molar refractivity (Wildman–Crippen MR) is 83.2 cm³/mol. The number of benzene rings is 1. The van der Waals surface area contributed by atoms with Crippen molar-refractivity contribution in [1.82, 2.24) is 4.90 Å². The molecule has 2 saturated carbocycles. The molecular weight excluding hydrogens is 246 g/mol. The van der Waals surface area contributed by atoms with Crippen LogP contribution in [0.1, 0.15) is 31.7 Å². The van der Waals surface area contributed by atoms with Crippen LogP contribution < -0.4 is 4.74 Å². The number of nitrogens with zero attached hydrogens (tertiary/aromatic N) is 1. The quantitative estimate of drug-likeness (QED) is 0.831. The Morgan fingerprint density at radius 1 is 1.30 bits per heavy atom. The zero-order chi connectivity index (χ0) is 14.3. The largest absolute Gasteiger partial charge is 0.497 e. The van der Waals surface area contributed by atoms with Crippen molar-refractivity contribution in [3.8, 4) is 5.75 Å². The zero-order valence-corrected chi connectivity index (χ0v) is 13.2. The summed E-state index contributed by atoms with van der Waals surface area (Å²) in [5, 5.41) is 0. The summed E-state index contributed by atoms with van der Waals surface area (Å²) in [6.07, 6.45) is 4.23. The van der Waals surface area contributed by atoms with Crippen molar-refractivity contribution in [1.29, 1.82) is 0 Å². The molecule has 110 valence electrons. The minimum absolute atomic E-state index is 0.321. The maximum Gasteiger partial charge on any atom is 0.119 e. The maximum atomic E-state index is 5.45. The molecular formula is C18H27NO. The molecule has 0 aliphatic heterocycles. The highest BCUT2D eigenvalue weighted by Crippen LogP contribution is 2.62. The highest BCUT2D eigenvalue weighted by Gasteiger charge is 2.57. The van der Waals surface area contributed by atoms with Crippen LogP contribution in [-0.4, -0.2) is 32.6 Å². The molecule has 0 aromatic heterocycles. The first kappa shape index (κ1) is 13.9. The molecule has 0 amide bonds. The van der Waals surface area contributed by atoms with E-state index >= 15 is 0 Å². The third-order valence-electron chi connectivity index (χ3n) is 5.70. The summed E-state index contributed by atoms with van der Waals surface area (Å²) in [5.74, 6) is 3.61. The van der Waals surface area contributed by atoms with E-state index in [4.69, 9.17) is 4.74 Å². The predicted octanol–water partition coefficient (Wildman–Crippen LogP) is 3.56. The van der Waals surface area contributed by atoms with Gasteiger partial charge in [-0.15, -0.1) is 0 Å². The Hall–Kier alpha value is -1.02. The fraction of sp³-hybridized carbons (Fsp3) is 0.667. The van der Waals surface area contributed by atoms with Crippen LogP contribution in [-0.2, 0) is 5.41 Å². The Labute approximate surface area is 123 Å². The van der Waals surface area contributed by atoms with Gasteiger partial charge in [0.15, 0.2) is 0 Å². The van der Waals surface area contributed by atoms with Gasteiger partial charge in [0.2, 0.25) is 0 Å². The minimum atomic E-state index is 0.321. The van der Waals surface area contributed by atoms with Crippen molar-refractivity contribution in [3.63, 3.8) is 0 Å². The monoisotopic (exact) mass is 273 g/mol. The molecule has 2 aliphatic rings. The van der Waals surface area contributed by atoms with Crippen LogP contribution in [0.5, 0.6) is 5.75 Å². The summed E-state index contributed by atoms with van der Waals surface area (Å²) in [5.41, 5.74) is 1.80. The Balaban J connectivity index is 1.96. The summed E-state index contributed by atoms with van der Waals surface area (Å²) in [7, 11) is 6.16. The van der Waals surface area contributed by atoms with Crippen LogP contribution in [0.25, 0.3) is 0 Å². The van der Waals surface area contributed by atoms with Crippen molar-refractivity contribution in [2.24, 2.45) is 17.8 Å². The number of ether oxygens (including phenoxy) is 1. The summed E-state index contributed by atoms with van der Waals surface area (Å²) in [6.45, 7) is 3.69. The Morgan fingerprint density at radius 2 is 2.10 bits per heavy atom. The first-order valence-electron chi connectivity index (χ1n) is 7.85. The second kappa shape index (κ2) is 5.07. The van der Waals surface area contributed by atoms with E-state index in [0.29, 0.717) is 5.41 Å². The van der Waals surface area contributed by atoms with Gasteiger partial charge in [0.1, 0.15) is 5.75 Å². The van der Waals surface area contributed by atoms with Crippen molar-refractivity contribution < 1.29 is 4.74 Å². The fourth-order valence-corrected chi connectivity index (χ4v) is 4.45. The van der Waals surface area contributed by atoms with Gasteiger partial charge >= 0.3 is 0 Å². The maximum absolute atomic E-state index is 5.45. The number of fused-ring (bicyclic) bond motifs is 1. The fourth-order valence-electron chi connectivity index (χ4n) is 4.45. The molecule has 3 rings (SSSR count). The summed E-state index contributed by atoms with van der Waals surface area (Å²) in [4.78, 5) is 2.35. The van der Waals surface area contributed by atoms with Crippen molar-refractivity contribution in [2.75, 3.05) is 27.7 Å². The Morgan fingerprint density at radius 3 is 2.80 bits per heavy atom. The minimum Gasteiger partial charge on any atom is -0.497 e. The van der Waals surface area contributed by atoms with Gasteiger partial charge in [-0.3, -0.25) is 0 Å². The molecule has 0 radical (unpaired) electrons. The standard InChI is InChI=1S/C18H27NO/c1-18(14-6-5-7-16(11-14)20-4)15(12-19(2)3)9-8-13-10-17(13)18/h5-7,11,13,15,17H,8-10,12H2,1-4H3/t13-,15-,17+,18-/m1/s1. The molecule has 1 aromatic carbocycles. The lowest BCUT2D eigenvalue weighted by atomic mass is 9.63. The number of hydrogen-bond donors (Lipinski definition) is 0. The van der Waals surface area contributed by atoms with E-state index in [1.807, 2.05) is 0 Å². The molecule has 2 aliphatic carbocycles. The molecule has 0 spiro atoms. The van der Waals surface area contributed by atoms with Crippen molar-refractivity contribution >= 4 is 0 Å². The molecule has 2 fully saturated rings. The van der Waals surface area contributed by atoms with E-state index in [2.05, 4.69) is 50.2 Å². The van der Waals surface area contributed by atoms with E-state index in [-0.39, 0.29) is 0 Å². The molecule has 20 heavy (non-hydrogen) atoms. The second-order valence-corrected chi connectivity index (χ2v) is 7.15. The van der Waals surface area contributed by atoms with Crippen LogP contribution >= 0.6 is 0 Å². The molecule has 1 aromatic rings. The lowest BCUT2D eigenvalue weighted by Gasteiger charge is -2.43. The number of rotatable bonds is 4. The van der Waals surface area contributed by atoms with Crippen LogP contribution in [0.3, 0.4) is 0 Å². The molecule has 0 bridgehead atoms. The third kappa shape index (κ3) is 2.24. The first-order valence-corrected chi connectivity index (χ1v) is 7.85. The normalized spacial score (nSPS) is 35.8. The molecule has 0 heterocycles. The SMILES string of the molecule is COc1cccc([C@]2(C)[C@@H](CN(C)C)CC[C@@H]3C[C@@H]32)c1. The average molecular weight is 273 g/mol. The van der Waals surface area contributed by atoms with Gasteiger partial charge < -0.3 is 9.64 Å². The summed E-state index contributed by atoms with van der Waals surface area (Å²) in [6, 6.07) is 8.79. The van der Waals surface area contributed by atoms with Gasteiger partial charge in [-0.05, 0) is 74.2 Å². The van der Waals surface area contributed by atoms with Gasteiger partial charge in [-0.25, -0.2) is 0 Å². The first-order chi connectivity index (χ1) is 9.55. The molecule has 4 atom stereocenters. The lowest BCUT2D eigenvalue weighted by Crippen LogP contribution is -2.43.